The topological polar surface area (TPSA) is 47.5 Å². The smallest absolute Gasteiger partial charge is 0.313 e. The van der Waals surface area contributed by atoms with Gasteiger partial charge in [0.05, 0.1) is 5.10 Å². The van der Waals surface area contributed by atoms with Gasteiger partial charge in [0, 0.05) is 10.9 Å². The fraction of sp³-hybridized carbons (Fsp3) is 0.111. The van der Waals surface area contributed by atoms with Crippen LogP contribution in [0.25, 0.3) is 22.2 Å². The van der Waals surface area contributed by atoms with Crippen LogP contribution in [0.15, 0.2) is 66.0 Å². The zero-order valence-corrected chi connectivity index (χ0v) is 16.0. The van der Waals surface area contributed by atoms with E-state index in [4.69, 9.17) is 4.98 Å². The van der Waals surface area contributed by atoms with Gasteiger partial charge in [-0.15, -0.1) is 4.98 Å². The summed E-state index contributed by atoms with van der Waals surface area (Å²) in [5, 5.41) is 11.7. The first-order chi connectivity index (χ1) is 11.9. The Labute approximate surface area is 160 Å². The van der Waals surface area contributed by atoms with Crippen LogP contribution >= 0.6 is 11.3 Å². The molecule has 4 aromatic rings. The van der Waals surface area contributed by atoms with Gasteiger partial charge in [-0.05, 0) is 35.5 Å². The minimum absolute atomic E-state index is 0. The zero-order valence-electron chi connectivity index (χ0n) is 13.6. The molecule has 5 nitrogen and oxygen atoms in total. The largest absolute Gasteiger partial charge is 1.00 e. The van der Waals surface area contributed by atoms with Crippen molar-refractivity contribution in [2.45, 2.75) is 13.3 Å². The van der Waals surface area contributed by atoms with E-state index in [1.54, 1.807) is 16.1 Å². The van der Waals surface area contributed by atoms with Crippen molar-refractivity contribution in [1.82, 2.24) is 20.1 Å². The van der Waals surface area contributed by atoms with Crippen LogP contribution in [-0.2, 0) is 6.42 Å². The summed E-state index contributed by atoms with van der Waals surface area (Å²) < 4.78 is 1.97. The second-order valence-corrected chi connectivity index (χ2v) is 6.13. The fourth-order valence-electron chi connectivity index (χ4n) is 2.48. The minimum Gasteiger partial charge on any atom is -1.00 e. The van der Waals surface area contributed by atoms with E-state index in [-0.39, 0.29) is 17.0 Å². The maximum absolute atomic E-state index is 4.72. The van der Waals surface area contributed by atoms with Gasteiger partial charge in [-0.3, -0.25) is 0 Å². The van der Waals surface area contributed by atoms with E-state index >= 15 is 0 Å². The fourth-order valence-corrected chi connectivity index (χ4v) is 3.37. The number of tetrazole rings is 1. The van der Waals surface area contributed by atoms with Crippen molar-refractivity contribution in [2.24, 2.45) is 0 Å². The third kappa shape index (κ3) is 3.38. The summed E-state index contributed by atoms with van der Waals surface area (Å²) in [7, 11) is 0. The van der Waals surface area contributed by atoms with Gasteiger partial charge in [-0.2, -0.15) is 0 Å². The van der Waals surface area contributed by atoms with Crippen LogP contribution in [0, 0.1) is 0 Å². The molecule has 0 radical (unpaired) electrons. The number of aromatic nitrogens is 5. The molecule has 2 aromatic heterocycles. The lowest BCUT2D eigenvalue weighted by Gasteiger charge is -2.02. The highest BCUT2D eigenvalue weighted by Gasteiger charge is 2.25. The van der Waals surface area contributed by atoms with Crippen molar-refractivity contribution < 1.29 is 21.7 Å². The number of hydrogen-bond donors (Lipinski definition) is 0. The number of aryl methyl sites for hydroxylation is 1. The first-order valence-corrected chi connectivity index (χ1v) is 8.68. The average Bonchev–Trinajstić information content (AvgIpc) is 3.29. The molecule has 0 aliphatic rings. The lowest BCUT2D eigenvalue weighted by molar-refractivity contribution is -0.669. The number of rotatable bonds is 4. The van der Waals surface area contributed by atoms with Crippen LogP contribution in [0.1, 0.15) is 12.6 Å². The molecule has 126 valence electrons. The predicted octanol–water partition coefficient (Wildman–Crippen LogP) is 0.234. The van der Waals surface area contributed by atoms with Crippen LogP contribution in [0.5, 0.6) is 0 Å². The van der Waals surface area contributed by atoms with E-state index in [2.05, 4.69) is 22.6 Å². The molecular formula is C18H16BrN5S. The van der Waals surface area contributed by atoms with E-state index < -0.39 is 0 Å². The predicted molar refractivity (Wildman–Crippen MR) is 93.4 cm³/mol. The summed E-state index contributed by atoms with van der Waals surface area (Å²) >= 11 is 1.60. The standard InChI is InChI=1S/C18H16N5S.BrH/c1-2-15-13-24-18(19-15)22-17(14-9-5-3-6-10-14)20-21-23(22)16-11-7-4-8-12-16;/h3-13H,2H2,1H3;1H/q+1;/p-1. The summed E-state index contributed by atoms with van der Waals surface area (Å²) in [6.45, 7) is 2.11. The maximum atomic E-state index is 4.72. The highest BCUT2D eigenvalue weighted by Crippen LogP contribution is 2.17. The normalized spacial score (nSPS) is 10.4. The number of benzene rings is 2. The quantitative estimate of drug-likeness (QED) is 0.450. The second kappa shape index (κ2) is 7.67. The molecule has 0 saturated heterocycles. The average molecular weight is 414 g/mol. The summed E-state index contributed by atoms with van der Waals surface area (Å²) in [4.78, 5) is 6.52. The van der Waals surface area contributed by atoms with Crippen LogP contribution in [-0.4, -0.2) is 20.1 Å². The van der Waals surface area contributed by atoms with E-state index in [0.717, 1.165) is 34.3 Å². The number of halogens is 1. The molecule has 4 rings (SSSR count). The molecule has 7 heteroatoms. The highest BCUT2D eigenvalue weighted by molar-refractivity contribution is 7.11. The number of hydrogen-bond acceptors (Lipinski definition) is 4. The molecule has 0 atom stereocenters. The Kier molecular flexibility index (Phi) is 5.35. The lowest BCUT2D eigenvalue weighted by atomic mass is 10.2. The Bertz CT molecular complexity index is 893. The second-order valence-electron chi connectivity index (χ2n) is 5.29. The molecular weight excluding hydrogens is 398 g/mol. The number of thiazole rings is 1. The SMILES string of the molecule is CCc1csc(-[n+]2c(-c3ccccc3)nnn2-c2ccccc2)n1.[Br-]. The molecule has 2 heterocycles. The van der Waals surface area contributed by atoms with Gasteiger partial charge in [-0.1, -0.05) is 59.3 Å². The first kappa shape index (κ1) is 17.4. The summed E-state index contributed by atoms with van der Waals surface area (Å²) in [6.07, 6.45) is 0.907. The zero-order chi connectivity index (χ0) is 16.4. The van der Waals surface area contributed by atoms with Gasteiger partial charge < -0.3 is 17.0 Å². The Morgan fingerprint density at radius 3 is 2.32 bits per heavy atom. The Morgan fingerprint density at radius 1 is 1.00 bits per heavy atom. The van der Waals surface area contributed by atoms with Gasteiger partial charge in [0.15, 0.2) is 0 Å². The summed E-state index contributed by atoms with van der Waals surface area (Å²) in [5.41, 5.74) is 3.02. The van der Waals surface area contributed by atoms with Crippen LogP contribution < -0.4 is 21.7 Å². The van der Waals surface area contributed by atoms with Crippen molar-refractivity contribution in [3.05, 3.63) is 71.7 Å². The Morgan fingerprint density at radius 2 is 1.68 bits per heavy atom. The molecule has 2 aromatic carbocycles. The van der Waals surface area contributed by atoms with Crippen LogP contribution in [0.4, 0.5) is 0 Å². The third-order valence-electron chi connectivity index (χ3n) is 3.72. The van der Waals surface area contributed by atoms with E-state index in [9.17, 15) is 0 Å². The van der Waals surface area contributed by atoms with E-state index in [1.807, 2.05) is 65.3 Å². The minimum atomic E-state index is 0. The molecule has 0 bridgehead atoms. The van der Waals surface area contributed by atoms with Crippen molar-refractivity contribution in [3.63, 3.8) is 0 Å². The van der Waals surface area contributed by atoms with Gasteiger partial charge in [0.2, 0.25) is 0 Å². The molecule has 0 spiro atoms. The molecule has 25 heavy (non-hydrogen) atoms. The molecule has 0 aliphatic heterocycles. The summed E-state index contributed by atoms with van der Waals surface area (Å²) in [5.74, 6) is 0.774. The summed E-state index contributed by atoms with van der Waals surface area (Å²) in [6, 6.07) is 20.0. The monoisotopic (exact) mass is 413 g/mol. The van der Waals surface area contributed by atoms with Crippen molar-refractivity contribution in [2.75, 3.05) is 0 Å². The van der Waals surface area contributed by atoms with Crippen molar-refractivity contribution in [1.29, 1.82) is 0 Å². The first-order valence-electron chi connectivity index (χ1n) is 7.80. The number of nitrogens with zero attached hydrogens (tertiary/aromatic N) is 5. The van der Waals surface area contributed by atoms with E-state index in [0.29, 0.717) is 0 Å². The lowest BCUT2D eigenvalue weighted by Crippen LogP contribution is -3.00. The molecule has 0 fully saturated rings. The van der Waals surface area contributed by atoms with Gasteiger partial charge in [-0.25, -0.2) is 0 Å². The number of para-hydroxylation sites is 1. The van der Waals surface area contributed by atoms with Crippen LogP contribution in [0.2, 0.25) is 0 Å². The molecule has 0 N–H and O–H groups in total. The Balaban J connectivity index is 0.00000182. The Hall–Kier alpha value is -2.38. The molecule has 0 saturated carbocycles. The molecule has 0 aliphatic carbocycles. The highest BCUT2D eigenvalue weighted by atomic mass is 79.9. The maximum Gasteiger partial charge on any atom is 0.313 e. The van der Waals surface area contributed by atoms with E-state index in [1.165, 1.54) is 0 Å². The third-order valence-corrected chi connectivity index (χ3v) is 4.58. The van der Waals surface area contributed by atoms with Gasteiger partial charge in [0.1, 0.15) is 16.6 Å². The molecule has 0 unspecified atom stereocenters. The van der Waals surface area contributed by atoms with Gasteiger partial charge in [0.25, 0.3) is 0 Å². The molecule has 0 amide bonds. The van der Waals surface area contributed by atoms with Crippen molar-refractivity contribution >= 4 is 11.3 Å². The van der Waals surface area contributed by atoms with Crippen LogP contribution in [0.3, 0.4) is 0 Å². The van der Waals surface area contributed by atoms with Crippen molar-refractivity contribution in [3.8, 4) is 22.2 Å². The van der Waals surface area contributed by atoms with Gasteiger partial charge >= 0.3 is 11.0 Å².